The molecule has 0 spiro atoms. The Labute approximate surface area is 120 Å². The van der Waals surface area contributed by atoms with E-state index in [1.54, 1.807) is 0 Å². The highest BCUT2D eigenvalue weighted by Gasteiger charge is 2.30. The van der Waals surface area contributed by atoms with Gasteiger partial charge in [0.25, 0.3) is 0 Å². The number of aliphatic hydroxyl groups excluding tert-OH is 1. The smallest absolute Gasteiger partial charge is 0.123 e. The third-order valence-electron chi connectivity index (χ3n) is 4.67. The Balaban J connectivity index is 1.57. The number of anilines is 1. The van der Waals surface area contributed by atoms with E-state index in [2.05, 4.69) is 9.80 Å². The highest BCUT2D eigenvalue weighted by atomic mass is 19.1. The molecule has 1 heterocycles. The minimum absolute atomic E-state index is 0.152. The van der Waals surface area contributed by atoms with Crippen molar-refractivity contribution in [2.45, 2.75) is 37.8 Å². The average Bonchev–Trinajstić information content (AvgIpc) is 2.49. The summed E-state index contributed by atoms with van der Waals surface area (Å²) in [5.74, 6) is -0.183. The van der Waals surface area contributed by atoms with E-state index in [0.717, 1.165) is 51.1 Å². The molecule has 1 saturated carbocycles. The maximum absolute atomic E-state index is 12.9. The van der Waals surface area contributed by atoms with Crippen LogP contribution < -0.4 is 4.90 Å². The lowest BCUT2D eigenvalue weighted by atomic mass is 9.91. The quantitative estimate of drug-likeness (QED) is 0.899. The van der Waals surface area contributed by atoms with Crippen LogP contribution in [0, 0.1) is 5.82 Å². The molecule has 2 unspecified atom stereocenters. The minimum Gasteiger partial charge on any atom is -0.391 e. The predicted octanol–water partition coefficient (Wildman–Crippen LogP) is 2.25. The molecule has 3 rings (SSSR count). The molecule has 2 atom stereocenters. The molecule has 20 heavy (non-hydrogen) atoms. The molecule has 1 aromatic rings. The van der Waals surface area contributed by atoms with E-state index < -0.39 is 0 Å². The van der Waals surface area contributed by atoms with Crippen molar-refractivity contribution in [2.24, 2.45) is 0 Å². The Morgan fingerprint density at radius 3 is 2.25 bits per heavy atom. The summed E-state index contributed by atoms with van der Waals surface area (Å²) in [6, 6.07) is 7.08. The van der Waals surface area contributed by atoms with E-state index >= 15 is 0 Å². The van der Waals surface area contributed by atoms with E-state index in [1.165, 1.54) is 18.6 Å². The fourth-order valence-corrected chi connectivity index (χ4v) is 3.48. The summed E-state index contributed by atoms with van der Waals surface area (Å²) in [6.07, 6.45) is 4.31. The fourth-order valence-electron chi connectivity index (χ4n) is 3.48. The summed E-state index contributed by atoms with van der Waals surface area (Å²) >= 11 is 0. The third-order valence-corrected chi connectivity index (χ3v) is 4.67. The standard InChI is InChI=1S/C16H23FN2O/c17-13-5-7-14(8-6-13)18-9-11-19(12-10-18)15-3-1-2-4-16(15)20/h5-8,15-16,20H,1-4,9-12H2. The van der Waals surface area contributed by atoms with Crippen LogP contribution in [0.2, 0.25) is 0 Å². The van der Waals surface area contributed by atoms with Crippen LogP contribution >= 0.6 is 0 Å². The topological polar surface area (TPSA) is 26.7 Å². The summed E-state index contributed by atoms with van der Waals surface area (Å²) in [5, 5.41) is 10.1. The molecule has 0 aromatic heterocycles. The van der Waals surface area contributed by atoms with Crippen molar-refractivity contribution < 1.29 is 9.50 Å². The number of hydrogen-bond donors (Lipinski definition) is 1. The molecular formula is C16H23FN2O. The minimum atomic E-state index is -0.183. The molecule has 0 amide bonds. The lowest BCUT2D eigenvalue weighted by molar-refractivity contribution is 0.0173. The van der Waals surface area contributed by atoms with E-state index in [4.69, 9.17) is 0 Å². The number of benzene rings is 1. The summed E-state index contributed by atoms with van der Waals surface area (Å²) in [4.78, 5) is 4.73. The maximum Gasteiger partial charge on any atom is 0.123 e. The van der Waals surface area contributed by atoms with Gasteiger partial charge in [0, 0.05) is 37.9 Å². The predicted molar refractivity (Wildman–Crippen MR) is 78.4 cm³/mol. The highest BCUT2D eigenvalue weighted by Crippen LogP contribution is 2.25. The van der Waals surface area contributed by atoms with Gasteiger partial charge < -0.3 is 10.0 Å². The molecule has 1 aliphatic heterocycles. The maximum atomic E-state index is 12.9. The number of halogens is 1. The zero-order chi connectivity index (χ0) is 13.9. The first kappa shape index (κ1) is 13.8. The highest BCUT2D eigenvalue weighted by molar-refractivity contribution is 5.46. The molecule has 4 heteroatoms. The first-order valence-corrected chi connectivity index (χ1v) is 7.67. The van der Waals surface area contributed by atoms with Crippen molar-refractivity contribution in [1.82, 2.24) is 4.90 Å². The lowest BCUT2D eigenvalue weighted by Gasteiger charge is -2.43. The second-order valence-corrected chi connectivity index (χ2v) is 5.92. The van der Waals surface area contributed by atoms with E-state index in [-0.39, 0.29) is 11.9 Å². The van der Waals surface area contributed by atoms with Crippen LogP contribution in [0.1, 0.15) is 25.7 Å². The molecule has 110 valence electrons. The van der Waals surface area contributed by atoms with Gasteiger partial charge in [-0.2, -0.15) is 0 Å². The van der Waals surface area contributed by atoms with Gasteiger partial charge in [0.05, 0.1) is 6.10 Å². The number of rotatable bonds is 2. The monoisotopic (exact) mass is 278 g/mol. The van der Waals surface area contributed by atoms with Gasteiger partial charge in [-0.3, -0.25) is 4.90 Å². The molecule has 1 saturated heterocycles. The molecular weight excluding hydrogens is 255 g/mol. The van der Waals surface area contributed by atoms with Gasteiger partial charge in [-0.15, -0.1) is 0 Å². The average molecular weight is 278 g/mol. The molecule has 1 aromatic carbocycles. The van der Waals surface area contributed by atoms with Crippen molar-refractivity contribution >= 4 is 5.69 Å². The molecule has 0 bridgehead atoms. The number of hydrogen-bond acceptors (Lipinski definition) is 3. The Morgan fingerprint density at radius 2 is 1.60 bits per heavy atom. The molecule has 1 aliphatic carbocycles. The first-order chi connectivity index (χ1) is 9.74. The van der Waals surface area contributed by atoms with Gasteiger partial charge in [-0.1, -0.05) is 12.8 Å². The van der Waals surface area contributed by atoms with Crippen LogP contribution in [0.3, 0.4) is 0 Å². The summed E-state index contributed by atoms with van der Waals surface area (Å²) in [7, 11) is 0. The molecule has 2 fully saturated rings. The van der Waals surface area contributed by atoms with Crippen LogP contribution in [0.15, 0.2) is 24.3 Å². The van der Waals surface area contributed by atoms with Gasteiger partial charge in [0.2, 0.25) is 0 Å². The Hall–Kier alpha value is -1.13. The van der Waals surface area contributed by atoms with E-state index in [0.29, 0.717) is 6.04 Å². The fraction of sp³-hybridized carbons (Fsp3) is 0.625. The first-order valence-electron chi connectivity index (χ1n) is 7.67. The van der Waals surface area contributed by atoms with Crippen LogP contribution in [-0.2, 0) is 0 Å². The number of aliphatic hydroxyl groups is 1. The van der Waals surface area contributed by atoms with Crippen molar-refractivity contribution in [3.8, 4) is 0 Å². The van der Waals surface area contributed by atoms with Crippen molar-refractivity contribution in [3.63, 3.8) is 0 Å². The summed E-state index contributed by atoms with van der Waals surface area (Å²) < 4.78 is 12.9. The summed E-state index contributed by atoms with van der Waals surface area (Å²) in [6.45, 7) is 3.88. The SMILES string of the molecule is OC1CCCCC1N1CCN(c2ccc(F)cc2)CC1. The Morgan fingerprint density at radius 1 is 0.950 bits per heavy atom. The van der Waals surface area contributed by atoms with Gasteiger partial charge in [-0.05, 0) is 37.1 Å². The van der Waals surface area contributed by atoms with Gasteiger partial charge in [0.15, 0.2) is 0 Å². The second kappa shape index (κ2) is 6.10. The molecule has 1 N–H and O–H groups in total. The Kier molecular flexibility index (Phi) is 4.22. The number of piperazine rings is 1. The van der Waals surface area contributed by atoms with Crippen molar-refractivity contribution in [2.75, 3.05) is 31.1 Å². The van der Waals surface area contributed by atoms with Gasteiger partial charge in [0.1, 0.15) is 5.82 Å². The zero-order valence-electron chi connectivity index (χ0n) is 11.8. The largest absolute Gasteiger partial charge is 0.391 e. The Bertz CT molecular complexity index is 429. The number of nitrogens with zero attached hydrogens (tertiary/aromatic N) is 2. The van der Waals surface area contributed by atoms with Crippen LogP contribution in [-0.4, -0.2) is 48.3 Å². The van der Waals surface area contributed by atoms with Crippen molar-refractivity contribution in [3.05, 3.63) is 30.1 Å². The summed E-state index contributed by atoms with van der Waals surface area (Å²) in [5.41, 5.74) is 1.09. The van der Waals surface area contributed by atoms with E-state index in [1.807, 2.05) is 12.1 Å². The lowest BCUT2D eigenvalue weighted by Crippen LogP contribution is -2.54. The molecule has 3 nitrogen and oxygen atoms in total. The third kappa shape index (κ3) is 2.96. The normalized spacial score (nSPS) is 28.6. The zero-order valence-corrected chi connectivity index (χ0v) is 11.8. The van der Waals surface area contributed by atoms with Gasteiger partial charge in [-0.25, -0.2) is 4.39 Å². The van der Waals surface area contributed by atoms with Gasteiger partial charge >= 0.3 is 0 Å². The molecule has 0 radical (unpaired) electrons. The van der Waals surface area contributed by atoms with Crippen LogP contribution in [0.25, 0.3) is 0 Å². The van der Waals surface area contributed by atoms with E-state index in [9.17, 15) is 9.50 Å². The van der Waals surface area contributed by atoms with Crippen molar-refractivity contribution in [1.29, 1.82) is 0 Å². The van der Waals surface area contributed by atoms with Crippen LogP contribution in [0.4, 0.5) is 10.1 Å². The second-order valence-electron chi connectivity index (χ2n) is 5.92. The van der Waals surface area contributed by atoms with Crippen LogP contribution in [0.5, 0.6) is 0 Å². The molecule has 2 aliphatic rings.